The summed E-state index contributed by atoms with van der Waals surface area (Å²) in [6, 6.07) is 9.62. The number of rotatable bonds is 4. The number of benzene rings is 1. The first kappa shape index (κ1) is 11.5. The summed E-state index contributed by atoms with van der Waals surface area (Å²) in [5, 5.41) is 8.65. The third-order valence-corrected chi connectivity index (χ3v) is 2.03. The molecule has 3 nitrogen and oxygen atoms in total. The largest absolute Gasteiger partial charge is 0.395 e. The van der Waals surface area contributed by atoms with E-state index in [0.29, 0.717) is 6.54 Å². The molecule has 0 spiro atoms. The van der Waals surface area contributed by atoms with Crippen LogP contribution in [0.15, 0.2) is 36.4 Å². The Hall–Kier alpha value is -1.61. The minimum atomic E-state index is -0.104. The fourth-order valence-corrected chi connectivity index (χ4v) is 1.12. The number of carbonyl (C=O) groups excluding carboxylic acids is 1. The Bertz CT molecular complexity index is 333. The normalized spacial score (nSPS) is 10.5. The lowest BCUT2D eigenvalue weighted by molar-refractivity contribution is -0.125. The molecule has 0 aromatic heterocycles. The third-order valence-electron chi connectivity index (χ3n) is 2.03. The fourth-order valence-electron chi connectivity index (χ4n) is 1.12. The highest BCUT2D eigenvalue weighted by atomic mass is 16.3. The SMILES string of the molecule is CN(CCO)C(=O)C=Cc1ccccc1. The first-order valence-electron chi connectivity index (χ1n) is 4.83. The van der Waals surface area contributed by atoms with Gasteiger partial charge in [-0.1, -0.05) is 30.3 Å². The molecule has 1 aromatic carbocycles. The lowest BCUT2D eigenvalue weighted by atomic mass is 10.2. The van der Waals surface area contributed by atoms with Crippen molar-refractivity contribution in [1.29, 1.82) is 0 Å². The van der Waals surface area contributed by atoms with E-state index in [0.717, 1.165) is 5.56 Å². The molecular formula is C12H15NO2. The van der Waals surface area contributed by atoms with Crippen LogP contribution in [-0.4, -0.2) is 36.1 Å². The molecule has 0 aliphatic heterocycles. The zero-order chi connectivity index (χ0) is 11.1. The van der Waals surface area contributed by atoms with Crippen molar-refractivity contribution in [3.63, 3.8) is 0 Å². The van der Waals surface area contributed by atoms with Gasteiger partial charge in [0.25, 0.3) is 0 Å². The smallest absolute Gasteiger partial charge is 0.246 e. The van der Waals surface area contributed by atoms with Crippen LogP contribution < -0.4 is 0 Å². The summed E-state index contributed by atoms with van der Waals surface area (Å²) in [5.41, 5.74) is 0.989. The van der Waals surface area contributed by atoms with Crippen molar-refractivity contribution in [2.24, 2.45) is 0 Å². The second kappa shape index (κ2) is 5.98. The van der Waals surface area contributed by atoms with E-state index in [1.807, 2.05) is 30.3 Å². The maximum Gasteiger partial charge on any atom is 0.246 e. The Balaban J connectivity index is 2.55. The maximum atomic E-state index is 11.4. The predicted octanol–water partition coefficient (Wildman–Crippen LogP) is 1.15. The molecule has 0 atom stereocenters. The number of hydrogen-bond acceptors (Lipinski definition) is 2. The van der Waals surface area contributed by atoms with E-state index in [2.05, 4.69) is 0 Å². The van der Waals surface area contributed by atoms with Crippen molar-refractivity contribution in [3.05, 3.63) is 42.0 Å². The maximum absolute atomic E-state index is 11.4. The highest BCUT2D eigenvalue weighted by Crippen LogP contribution is 2.01. The van der Waals surface area contributed by atoms with Crippen LogP contribution in [0.25, 0.3) is 6.08 Å². The van der Waals surface area contributed by atoms with E-state index < -0.39 is 0 Å². The number of likely N-dealkylation sites (N-methyl/N-ethyl adjacent to an activating group) is 1. The number of amides is 1. The first-order chi connectivity index (χ1) is 7.24. The van der Waals surface area contributed by atoms with Gasteiger partial charge < -0.3 is 10.0 Å². The molecule has 0 bridgehead atoms. The van der Waals surface area contributed by atoms with Crippen LogP contribution >= 0.6 is 0 Å². The van der Waals surface area contributed by atoms with Gasteiger partial charge in [0, 0.05) is 19.7 Å². The molecule has 1 aromatic rings. The van der Waals surface area contributed by atoms with E-state index >= 15 is 0 Å². The van der Waals surface area contributed by atoms with E-state index in [1.165, 1.54) is 11.0 Å². The van der Waals surface area contributed by atoms with Crippen LogP contribution in [0.2, 0.25) is 0 Å². The van der Waals surface area contributed by atoms with Gasteiger partial charge in [0.15, 0.2) is 0 Å². The van der Waals surface area contributed by atoms with Gasteiger partial charge >= 0.3 is 0 Å². The standard InChI is InChI=1S/C12H15NO2/c1-13(9-10-14)12(15)8-7-11-5-3-2-4-6-11/h2-8,14H,9-10H2,1H3. The van der Waals surface area contributed by atoms with Gasteiger partial charge in [-0.3, -0.25) is 4.79 Å². The van der Waals surface area contributed by atoms with Gasteiger partial charge in [0.2, 0.25) is 5.91 Å². The Morgan fingerprint density at radius 3 is 2.67 bits per heavy atom. The molecule has 1 rings (SSSR count). The monoisotopic (exact) mass is 205 g/mol. The summed E-state index contributed by atoms with van der Waals surface area (Å²) in [7, 11) is 1.66. The van der Waals surface area contributed by atoms with Crippen LogP contribution in [-0.2, 0) is 4.79 Å². The highest BCUT2D eigenvalue weighted by Gasteiger charge is 2.02. The van der Waals surface area contributed by atoms with Crippen LogP contribution in [0.3, 0.4) is 0 Å². The summed E-state index contributed by atoms with van der Waals surface area (Å²) in [4.78, 5) is 12.9. The molecule has 1 N–H and O–H groups in total. The molecule has 0 fully saturated rings. The first-order valence-corrected chi connectivity index (χ1v) is 4.83. The number of nitrogens with zero attached hydrogens (tertiary/aromatic N) is 1. The van der Waals surface area contributed by atoms with Crippen molar-refractivity contribution in [1.82, 2.24) is 4.90 Å². The molecule has 80 valence electrons. The van der Waals surface area contributed by atoms with Crippen molar-refractivity contribution >= 4 is 12.0 Å². The molecule has 0 radical (unpaired) electrons. The van der Waals surface area contributed by atoms with E-state index in [4.69, 9.17) is 5.11 Å². The Morgan fingerprint density at radius 1 is 1.40 bits per heavy atom. The molecule has 3 heteroatoms. The molecule has 0 heterocycles. The van der Waals surface area contributed by atoms with Gasteiger partial charge in [0.1, 0.15) is 0 Å². The summed E-state index contributed by atoms with van der Waals surface area (Å²) in [6.07, 6.45) is 3.27. The van der Waals surface area contributed by atoms with Gasteiger partial charge in [-0.25, -0.2) is 0 Å². The van der Waals surface area contributed by atoms with Gasteiger partial charge in [-0.05, 0) is 11.6 Å². The van der Waals surface area contributed by atoms with E-state index in [1.54, 1.807) is 13.1 Å². The third kappa shape index (κ3) is 3.95. The van der Waals surface area contributed by atoms with Crippen molar-refractivity contribution in [2.45, 2.75) is 0 Å². The van der Waals surface area contributed by atoms with Crippen LogP contribution in [0, 0.1) is 0 Å². The Labute approximate surface area is 89.6 Å². The Morgan fingerprint density at radius 2 is 2.07 bits per heavy atom. The average molecular weight is 205 g/mol. The second-order valence-corrected chi connectivity index (χ2v) is 3.23. The number of carbonyl (C=O) groups is 1. The molecule has 0 saturated heterocycles. The summed E-state index contributed by atoms with van der Waals surface area (Å²) in [6.45, 7) is 0.347. The summed E-state index contributed by atoms with van der Waals surface area (Å²) in [5.74, 6) is -0.104. The van der Waals surface area contributed by atoms with Gasteiger partial charge in [0.05, 0.1) is 6.61 Å². The molecular weight excluding hydrogens is 190 g/mol. The van der Waals surface area contributed by atoms with Crippen LogP contribution in [0.4, 0.5) is 0 Å². The fraction of sp³-hybridized carbons (Fsp3) is 0.250. The molecule has 0 aliphatic rings. The zero-order valence-corrected chi connectivity index (χ0v) is 8.76. The number of aliphatic hydroxyl groups excluding tert-OH is 1. The van der Waals surface area contributed by atoms with Crippen molar-refractivity contribution in [3.8, 4) is 0 Å². The van der Waals surface area contributed by atoms with Gasteiger partial charge in [-0.2, -0.15) is 0 Å². The molecule has 1 amide bonds. The quantitative estimate of drug-likeness (QED) is 0.749. The van der Waals surface area contributed by atoms with Crippen LogP contribution in [0.1, 0.15) is 5.56 Å². The highest BCUT2D eigenvalue weighted by molar-refractivity contribution is 5.91. The molecule has 0 saturated carbocycles. The average Bonchev–Trinajstić information content (AvgIpc) is 2.27. The Kier molecular flexibility index (Phi) is 4.57. The topological polar surface area (TPSA) is 40.5 Å². The summed E-state index contributed by atoms with van der Waals surface area (Å²) >= 11 is 0. The van der Waals surface area contributed by atoms with Crippen LogP contribution in [0.5, 0.6) is 0 Å². The van der Waals surface area contributed by atoms with Crippen molar-refractivity contribution in [2.75, 3.05) is 20.2 Å². The minimum absolute atomic E-state index is 0.0125. The molecule has 0 unspecified atom stereocenters. The predicted molar refractivity (Wildman–Crippen MR) is 60.2 cm³/mol. The molecule has 0 aliphatic carbocycles. The number of aliphatic hydroxyl groups is 1. The molecule has 15 heavy (non-hydrogen) atoms. The van der Waals surface area contributed by atoms with Gasteiger partial charge in [-0.15, -0.1) is 0 Å². The lowest BCUT2D eigenvalue weighted by Crippen LogP contribution is -2.27. The minimum Gasteiger partial charge on any atom is -0.395 e. The van der Waals surface area contributed by atoms with E-state index in [-0.39, 0.29) is 12.5 Å². The lowest BCUT2D eigenvalue weighted by Gasteiger charge is -2.12. The summed E-state index contributed by atoms with van der Waals surface area (Å²) < 4.78 is 0. The zero-order valence-electron chi connectivity index (χ0n) is 8.76. The van der Waals surface area contributed by atoms with E-state index in [9.17, 15) is 4.79 Å². The van der Waals surface area contributed by atoms with Crippen molar-refractivity contribution < 1.29 is 9.90 Å². The second-order valence-electron chi connectivity index (χ2n) is 3.23. The number of hydrogen-bond donors (Lipinski definition) is 1.